The van der Waals surface area contributed by atoms with Crippen molar-refractivity contribution in [3.63, 3.8) is 0 Å². The number of carboxylic acids is 1. The predicted octanol–water partition coefficient (Wildman–Crippen LogP) is 2.99. The number of nitrogens with one attached hydrogen (secondary N) is 1. The van der Waals surface area contributed by atoms with E-state index < -0.39 is 12.0 Å². The highest BCUT2D eigenvalue weighted by Gasteiger charge is 2.27. The Balaban J connectivity index is 2.09. The molecule has 0 aromatic heterocycles. The molecule has 98 valence electrons. The Hall–Kier alpha value is -1.00. The van der Waals surface area contributed by atoms with Crippen LogP contribution in [0.4, 0.5) is 0 Å². The Morgan fingerprint density at radius 1 is 1.39 bits per heavy atom. The summed E-state index contributed by atoms with van der Waals surface area (Å²) < 4.78 is 0. The molecule has 1 aromatic carbocycles. The fourth-order valence-corrected chi connectivity index (χ4v) is 3.28. The van der Waals surface area contributed by atoms with Crippen LogP contribution in [0.1, 0.15) is 42.7 Å². The highest BCUT2D eigenvalue weighted by atomic mass is 32.2. The van der Waals surface area contributed by atoms with Gasteiger partial charge >= 0.3 is 5.97 Å². The molecule has 1 heterocycles. The van der Waals surface area contributed by atoms with Crippen molar-refractivity contribution in [2.75, 3.05) is 5.75 Å². The first-order valence-corrected chi connectivity index (χ1v) is 7.33. The van der Waals surface area contributed by atoms with E-state index in [0.29, 0.717) is 12.3 Å². The van der Waals surface area contributed by atoms with Crippen LogP contribution in [0.25, 0.3) is 0 Å². The lowest BCUT2D eigenvalue weighted by molar-refractivity contribution is -0.139. The summed E-state index contributed by atoms with van der Waals surface area (Å²) in [6.07, 6.45) is 0.695. The summed E-state index contributed by atoms with van der Waals surface area (Å²) in [7, 11) is 0. The maximum absolute atomic E-state index is 11.0. The van der Waals surface area contributed by atoms with Gasteiger partial charge in [-0.05, 0) is 29.2 Å². The Labute approximate surface area is 112 Å². The summed E-state index contributed by atoms with van der Waals surface area (Å²) in [6.45, 7) is 4.34. The largest absolute Gasteiger partial charge is 0.480 e. The minimum absolute atomic E-state index is 0.0982. The quantitative estimate of drug-likeness (QED) is 0.882. The first kappa shape index (κ1) is 13.4. The minimum atomic E-state index is -0.751. The van der Waals surface area contributed by atoms with E-state index >= 15 is 0 Å². The van der Waals surface area contributed by atoms with Crippen LogP contribution in [-0.2, 0) is 4.79 Å². The number of hydrogen-bond acceptors (Lipinski definition) is 3. The Bertz CT molecular complexity index is 416. The number of aliphatic carboxylic acids is 1. The lowest BCUT2D eigenvalue weighted by Gasteiger charge is -2.28. The smallest absolute Gasteiger partial charge is 0.320 e. The third-order valence-electron chi connectivity index (χ3n) is 3.25. The molecule has 18 heavy (non-hydrogen) atoms. The third kappa shape index (κ3) is 3.06. The van der Waals surface area contributed by atoms with Crippen LogP contribution in [0.2, 0.25) is 0 Å². The van der Waals surface area contributed by atoms with E-state index in [0.717, 1.165) is 11.3 Å². The maximum Gasteiger partial charge on any atom is 0.320 e. The highest BCUT2D eigenvalue weighted by molar-refractivity contribution is 7.99. The fourth-order valence-electron chi connectivity index (χ4n) is 2.06. The second kappa shape index (κ2) is 5.76. The van der Waals surface area contributed by atoms with Crippen molar-refractivity contribution in [1.29, 1.82) is 0 Å². The molecule has 2 unspecified atom stereocenters. The average Bonchev–Trinajstić information content (AvgIpc) is 2.39. The number of benzene rings is 1. The normalized spacial score (nSPS) is 24.2. The molecule has 1 aromatic rings. The zero-order valence-electron chi connectivity index (χ0n) is 10.7. The molecule has 1 aliphatic heterocycles. The van der Waals surface area contributed by atoms with E-state index in [1.165, 1.54) is 5.56 Å². The molecule has 0 spiro atoms. The van der Waals surface area contributed by atoms with Gasteiger partial charge in [-0.3, -0.25) is 10.1 Å². The Kier molecular flexibility index (Phi) is 4.30. The summed E-state index contributed by atoms with van der Waals surface area (Å²) in [5, 5.41) is 12.3. The van der Waals surface area contributed by atoms with Crippen LogP contribution in [0, 0.1) is 0 Å². The van der Waals surface area contributed by atoms with Crippen molar-refractivity contribution in [3.8, 4) is 0 Å². The average molecular weight is 265 g/mol. The Morgan fingerprint density at radius 3 is 2.61 bits per heavy atom. The van der Waals surface area contributed by atoms with Gasteiger partial charge in [0.05, 0.1) is 5.37 Å². The molecule has 0 bridgehead atoms. The van der Waals surface area contributed by atoms with Crippen molar-refractivity contribution in [2.24, 2.45) is 0 Å². The van der Waals surface area contributed by atoms with Crippen LogP contribution in [0.3, 0.4) is 0 Å². The molecule has 2 N–H and O–H groups in total. The zero-order chi connectivity index (χ0) is 13.1. The van der Waals surface area contributed by atoms with Crippen molar-refractivity contribution in [2.45, 2.75) is 37.6 Å². The molecule has 4 heteroatoms. The molecule has 1 fully saturated rings. The molecular weight excluding hydrogens is 246 g/mol. The van der Waals surface area contributed by atoms with E-state index in [2.05, 4.69) is 43.4 Å². The van der Waals surface area contributed by atoms with E-state index in [4.69, 9.17) is 5.11 Å². The van der Waals surface area contributed by atoms with Gasteiger partial charge in [-0.1, -0.05) is 38.1 Å². The minimum Gasteiger partial charge on any atom is -0.480 e. The van der Waals surface area contributed by atoms with E-state index in [9.17, 15) is 4.79 Å². The van der Waals surface area contributed by atoms with Gasteiger partial charge in [-0.2, -0.15) is 0 Å². The van der Waals surface area contributed by atoms with Gasteiger partial charge < -0.3 is 5.11 Å². The fraction of sp³-hybridized carbons (Fsp3) is 0.500. The molecule has 2 atom stereocenters. The number of carboxylic acid groups (broad SMARTS) is 1. The molecule has 3 nitrogen and oxygen atoms in total. The second-order valence-electron chi connectivity index (χ2n) is 4.92. The van der Waals surface area contributed by atoms with Gasteiger partial charge in [0.2, 0.25) is 0 Å². The number of hydrogen-bond donors (Lipinski definition) is 2. The van der Waals surface area contributed by atoms with Crippen LogP contribution in [0.5, 0.6) is 0 Å². The summed E-state index contributed by atoms with van der Waals surface area (Å²) in [4.78, 5) is 11.0. The van der Waals surface area contributed by atoms with Crippen LogP contribution in [-0.4, -0.2) is 22.9 Å². The Morgan fingerprint density at radius 2 is 2.06 bits per heavy atom. The number of thioether (sulfide) groups is 1. The molecule has 0 aliphatic carbocycles. The maximum atomic E-state index is 11.0. The van der Waals surface area contributed by atoms with Crippen LogP contribution in [0.15, 0.2) is 24.3 Å². The molecule has 2 rings (SSSR count). The highest BCUT2D eigenvalue weighted by Crippen LogP contribution is 2.32. The van der Waals surface area contributed by atoms with Gasteiger partial charge in [-0.25, -0.2) is 0 Å². The first-order chi connectivity index (χ1) is 8.58. The van der Waals surface area contributed by atoms with Crippen molar-refractivity contribution in [3.05, 3.63) is 35.4 Å². The molecule has 1 aliphatic rings. The first-order valence-electron chi connectivity index (χ1n) is 6.28. The molecule has 0 saturated carbocycles. The summed E-state index contributed by atoms with van der Waals surface area (Å²) >= 11 is 1.78. The monoisotopic (exact) mass is 265 g/mol. The molecule has 0 radical (unpaired) electrons. The van der Waals surface area contributed by atoms with E-state index in [1.807, 2.05) is 0 Å². The second-order valence-corrected chi connectivity index (χ2v) is 6.13. The standard InChI is InChI=1S/C14H19NO2S/c1-9(2)10-3-5-11(6-4-10)13-15-12(14(16)17)7-8-18-13/h3-6,9,12-13,15H,7-8H2,1-2H3,(H,16,17). The molecule has 0 amide bonds. The lowest BCUT2D eigenvalue weighted by Crippen LogP contribution is -2.41. The summed E-state index contributed by atoms with van der Waals surface area (Å²) in [6, 6.07) is 8.05. The van der Waals surface area contributed by atoms with Gasteiger partial charge in [0, 0.05) is 0 Å². The topological polar surface area (TPSA) is 49.3 Å². The molecule has 1 saturated heterocycles. The van der Waals surface area contributed by atoms with Gasteiger partial charge in [-0.15, -0.1) is 11.8 Å². The lowest BCUT2D eigenvalue weighted by atomic mass is 10.0. The van der Waals surface area contributed by atoms with E-state index in [-0.39, 0.29) is 5.37 Å². The predicted molar refractivity (Wildman–Crippen MR) is 74.9 cm³/mol. The SMILES string of the molecule is CC(C)c1ccc(C2NC(C(=O)O)CCS2)cc1. The van der Waals surface area contributed by atoms with E-state index in [1.54, 1.807) is 11.8 Å². The van der Waals surface area contributed by atoms with Crippen molar-refractivity contribution >= 4 is 17.7 Å². The van der Waals surface area contributed by atoms with Gasteiger partial charge in [0.25, 0.3) is 0 Å². The summed E-state index contributed by atoms with van der Waals surface area (Å²) in [5.41, 5.74) is 2.48. The van der Waals surface area contributed by atoms with Crippen molar-refractivity contribution < 1.29 is 9.90 Å². The van der Waals surface area contributed by atoms with Gasteiger partial charge in [0.1, 0.15) is 6.04 Å². The van der Waals surface area contributed by atoms with Crippen LogP contribution < -0.4 is 5.32 Å². The number of carbonyl (C=O) groups is 1. The van der Waals surface area contributed by atoms with Crippen molar-refractivity contribution in [1.82, 2.24) is 5.32 Å². The number of rotatable bonds is 3. The molecular formula is C14H19NO2S. The third-order valence-corrected chi connectivity index (χ3v) is 4.46. The van der Waals surface area contributed by atoms with Crippen LogP contribution >= 0.6 is 11.8 Å². The summed E-state index contributed by atoms with van der Waals surface area (Å²) in [5.74, 6) is 0.664. The van der Waals surface area contributed by atoms with Gasteiger partial charge in [0.15, 0.2) is 0 Å². The zero-order valence-corrected chi connectivity index (χ0v) is 11.5.